The number of nitrogens with zero attached hydrogens (tertiary/aromatic N) is 3. The molecule has 2 aromatic heterocycles. The van der Waals surface area contributed by atoms with Crippen LogP contribution in [0.2, 0.25) is 0 Å². The van der Waals surface area contributed by atoms with Crippen molar-refractivity contribution in [2.45, 2.75) is 55.3 Å². The Bertz CT molecular complexity index is 1210. The van der Waals surface area contributed by atoms with Crippen molar-refractivity contribution in [3.8, 4) is 0 Å². The molecule has 5 N–H and O–H groups in total. The van der Waals surface area contributed by atoms with Crippen molar-refractivity contribution in [1.29, 1.82) is 0 Å². The molecule has 1 saturated carbocycles. The van der Waals surface area contributed by atoms with Crippen LogP contribution in [-0.4, -0.2) is 54.9 Å². The van der Waals surface area contributed by atoms with Gasteiger partial charge in [0.1, 0.15) is 0 Å². The van der Waals surface area contributed by atoms with Crippen LogP contribution in [0.1, 0.15) is 31.7 Å². The summed E-state index contributed by atoms with van der Waals surface area (Å²) in [4.78, 5) is 28.5. The van der Waals surface area contributed by atoms with Gasteiger partial charge in [-0.1, -0.05) is 23.9 Å². The smallest absolute Gasteiger partial charge is 0.292 e. The average molecular weight is 479 g/mol. The van der Waals surface area contributed by atoms with Crippen LogP contribution >= 0.6 is 11.8 Å². The number of H-pyrrole nitrogens is 1. The van der Waals surface area contributed by atoms with Crippen molar-refractivity contribution in [2.24, 2.45) is 0 Å². The van der Waals surface area contributed by atoms with Gasteiger partial charge in [-0.15, -0.1) is 0 Å². The Labute approximate surface area is 192 Å². The van der Waals surface area contributed by atoms with Crippen molar-refractivity contribution in [3.05, 3.63) is 45.8 Å². The van der Waals surface area contributed by atoms with E-state index in [1.165, 1.54) is 12.1 Å². The number of anilines is 2. The number of aromatic amines is 1. The van der Waals surface area contributed by atoms with Crippen LogP contribution in [0, 0.1) is 11.6 Å². The fraction of sp³-hybridized carbons (Fsp3) is 0.429. The molecule has 3 unspecified atom stereocenters. The third-order valence-corrected chi connectivity index (χ3v) is 6.22. The van der Waals surface area contributed by atoms with Crippen molar-refractivity contribution in [2.75, 3.05) is 17.2 Å². The molecule has 2 heterocycles. The number of aliphatic hydroxyl groups excluding tert-OH is 2. The molecule has 3 atom stereocenters. The highest BCUT2D eigenvalue weighted by atomic mass is 32.2. The van der Waals surface area contributed by atoms with Crippen molar-refractivity contribution >= 4 is 34.6 Å². The highest BCUT2D eigenvalue weighted by Crippen LogP contribution is 2.27. The van der Waals surface area contributed by atoms with Gasteiger partial charge in [-0.05, 0) is 32.3 Å². The van der Waals surface area contributed by atoms with E-state index < -0.39 is 23.3 Å². The highest BCUT2D eigenvalue weighted by Gasteiger charge is 2.24. The quantitative estimate of drug-likeness (QED) is 0.244. The van der Waals surface area contributed by atoms with E-state index in [0.717, 1.165) is 24.2 Å². The SMILES string of the molecule is CC(CO)Nc1nc(SCc2cccc(F)c2F)nc2[nH]c(=O)c(NC3CCC(O)C3)nc12. The number of aromatic nitrogens is 4. The molecule has 176 valence electrons. The van der Waals surface area contributed by atoms with Gasteiger partial charge < -0.3 is 25.8 Å². The molecule has 3 aromatic rings. The van der Waals surface area contributed by atoms with E-state index in [0.29, 0.717) is 12.8 Å². The van der Waals surface area contributed by atoms with E-state index in [4.69, 9.17) is 0 Å². The maximum atomic E-state index is 14.0. The molecule has 1 fully saturated rings. The Hall–Kier alpha value is -2.83. The molecule has 0 radical (unpaired) electrons. The van der Waals surface area contributed by atoms with Crippen LogP contribution in [-0.2, 0) is 5.75 Å². The van der Waals surface area contributed by atoms with Gasteiger partial charge in [0.05, 0.1) is 12.7 Å². The van der Waals surface area contributed by atoms with Gasteiger partial charge in [0, 0.05) is 23.4 Å². The first-order chi connectivity index (χ1) is 15.8. The van der Waals surface area contributed by atoms with Crippen molar-refractivity contribution in [3.63, 3.8) is 0 Å². The minimum absolute atomic E-state index is 0.0734. The zero-order valence-electron chi connectivity index (χ0n) is 17.8. The first kappa shape index (κ1) is 23.3. The zero-order chi connectivity index (χ0) is 23.5. The van der Waals surface area contributed by atoms with Gasteiger partial charge in [0.2, 0.25) is 0 Å². The van der Waals surface area contributed by atoms with Gasteiger partial charge in [0.25, 0.3) is 5.56 Å². The zero-order valence-corrected chi connectivity index (χ0v) is 18.6. The molecule has 1 aromatic carbocycles. The van der Waals surface area contributed by atoms with Crippen LogP contribution in [0.3, 0.4) is 0 Å². The van der Waals surface area contributed by atoms with Gasteiger partial charge in [0.15, 0.2) is 39.6 Å². The number of hydrogen-bond donors (Lipinski definition) is 5. The van der Waals surface area contributed by atoms with Crippen molar-refractivity contribution < 1.29 is 19.0 Å². The molecule has 0 bridgehead atoms. The van der Waals surface area contributed by atoms with Gasteiger partial charge >= 0.3 is 0 Å². The number of benzene rings is 1. The molecule has 12 heteroatoms. The van der Waals surface area contributed by atoms with Crippen LogP contribution in [0.4, 0.5) is 20.4 Å². The van der Waals surface area contributed by atoms with E-state index in [-0.39, 0.29) is 58.0 Å². The summed E-state index contributed by atoms with van der Waals surface area (Å²) in [6.07, 6.45) is 1.49. The maximum absolute atomic E-state index is 14.0. The molecule has 1 aliphatic rings. The highest BCUT2D eigenvalue weighted by molar-refractivity contribution is 7.98. The van der Waals surface area contributed by atoms with Gasteiger partial charge in [-0.3, -0.25) is 4.79 Å². The summed E-state index contributed by atoms with van der Waals surface area (Å²) < 4.78 is 27.5. The van der Waals surface area contributed by atoms with E-state index in [1.807, 2.05) is 0 Å². The third-order valence-electron chi connectivity index (χ3n) is 5.33. The van der Waals surface area contributed by atoms with Crippen LogP contribution in [0.15, 0.2) is 28.2 Å². The lowest BCUT2D eigenvalue weighted by atomic mass is 10.2. The number of rotatable bonds is 8. The fourth-order valence-corrected chi connectivity index (χ4v) is 4.40. The van der Waals surface area contributed by atoms with E-state index in [2.05, 4.69) is 30.6 Å². The Morgan fingerprint density at radius 2 is 2.06 bits per heavy atom. The second-order valence-electron chi connectivity index (χ2n) is 8.00. The largest absolute Gasteiger partial charge is 0.394 e. The minimum atomic E-state index is -0.935. The first-order valence-electron chi connectivity index (χ1n) is 10.5. The second-order valence-corrected chi connectivity index (χ2v) is 8.95. The third kappa shape index (κ3) is 5.40. The van der Waals surface area contributed by atoms with Crippen LogP contribution < -0.4 is 16.2 Å². The summed E-state index contributed by atoms with van der Waals surface area (Å²) in [5, 5.41) is 25.5. The number of thioether (sulfide) groups is 1. The number of fused-ring (bicyclic) bond motifs is 1. The summed E-state index contributed by atoms with van der Waals surface area (Å²) in [5.74, 6) is -1.41. The molecular weight excluding hydrogens is 454 g/mol. The predicted molar refractivity (Wildman–Crippen MR) is 121 cm³/mol. The molecular formula is C21H24F2N6O3S. The molecule has 0 aliphatic heterocycles. The molecule has 0 spiro atoms. The van der Waals surface area contributed by atoms with E-state index in [9.17, 15) is 23.8 Å². The fourth-order valence-electron chi connectivity index (χ4n) is 3.58. The number of halogens is 2. The molecule has 33 heavy (non-hydrogen) atoms. The topological polar surface area (TPSA) is 136 Å². The standard InChI is InChI=1S/C21H24F2N6O3S/c1-10(8-30)24-17-16-18(27-20(32)19(26-16)25-12-5-6-13(31)7-12)29-21(28-17)33-9-11-3-2-4-14(22)15(11)23/h2-4,10,12-13,30-31H,5-9H2,1H3,(H,25,26)(H2,24,27,28,29,32). The lowest BCUT2D eigenvalue weighted by molar-refractivity contribution is 0.182. The number of hydrogen-bond acceptors (Lipinski definition) is 9. The molecule has 0 amide bonds. The lowest BCUT2D eigenvalue weighted by Crippen LogP contribution is -2.25. The van der Waals surface area contributed by atoms with E-state index in [1.54, 1.807) is 6.92 Å². The molecule has 4 rings (SSSR count). The van der Waals surface area contributed by atoms with Gasteiger partial charge in [-0.2, -0.15) is 0 Å². The first-order valence-corrected chi connectivity index (χ1v) is 11.5. The minimum Gasteiger partial charge on any atom is -0.394 e. The molecule has 0 saturated heterocycles. The molecule has 9 nitrogen and oxygen atoms in total. The summed E-state index contributed by atoms with van der Waals surface area (Å²) >= 11 is 1.07. The Morgan fingerprint density at radius 3 is 2.79 bits per heavy atom. The predicted octanol–water partition coefficient (Wildman–Crippen LogP) is 2.40. The van der Waals surface area contributed by atoms with Crippen molar-refractivity contribution in [1.82, 2.24) is 19.9 Å². The summed E-state index contributed by atoms with van der Waals surface area (Å²) in [7, 11) is 0. The maximum Gasteiger partial charge on any atom is 0.292 e. The second kappa shape index (κ2) is 9.98. The summed E-state index contributed by atoms with van der Waals surface area (Å²) in [6.45, 7) is 1.57. The number of aliphatic hydroxyl groups is 2. The molecule has 1 aliphatic carbocycles. The Morgan fingerprint density at radius 1 is 1.24 bits per heavy atom. The van der Waals surface area contributed by atoms with Crippen LogP contribution in [0.25, 0.3) is 11.2 Å². The normalized spacial score (nSPS) is 19.1. The lowest BCUT2D eigenvalue weighted by Gasteiger charge is -2.16. The van der Waals surface area contributed by atoms with Crippen LogP contribution in [0.5, 0.6) is 0 Å². The van der Waals surface area contributed by atoms with E-state index >= 15 is 0 Å². The Kier molecular flexibility index (Phi) is 7.05. The average Bonchev–Trinajstić information content (AvgIpc) is 3.20. The summed E-state index contributed by atoms with van der Waals surface area (Å²) in [6, 6.07) is 3.50. The number of nitrogens with one attached hydrogen (secondary N) is 3. The Balaban J connectivity index is 1.66. The summed E-state index contributed by atoms with van der Waals surface area (Å²) in [5.41, 5.74) is 0.141. The monoisotopic (exact) mass is 478 g/mol. The van der Waals surface area contributed by atoms with Gasteiger partial charge in [-0.25, -0.2) is 23.7 Å².